The average Bonchev–Trinajstić information content (AvgIpc) is 2.69. The average molecular weight is 407 g/mol. The Balaban J connectivity index is 0.00000261. The van der Waals surface area contributed by atoms with E-state index in [1.165, 1.54) is 11.1 Å². The van der Waals surface area contributed by atoms with Crippen molar-refractivity contribution in [3.05, 3.63) is 65.7 Å². The van der Waals surface area contributed by atoms with Gasteiger partial charge in [-0.2, -0.15) is 11.8 Å². The van der Waals surface area contributed by atoms with Crippen LogP contribution in [0, 0.1) is 5.41 Å². The van der Waals surface area contributed by atoms with Crippen molar-refractivity contribution < 1.29 is 9.53 Å². The molecule has 2 aromatic carbocycles. The van der Waals surface area contributed by atoms with E-state index in [4.69, 9.17) is 10.5 Å². The van der Waals surface area contributed by atoms with Crippen LogP contribution in [-0.2, 0) is 21.0 Å². The number of hydrogen-bond donors (Lipinski definition) is 2. The van der Waals surface area contributed by atoms with Crippen LogP contribution in [0.1, 0.15) is 24.0 Å². The summed E-state index contributed by atoms with van der Waals surface area (Å²) in [6, 6.07) is 18.5. The number of nitrogens with two attached hydrogens (primary N) is 1. The summed E-state index contributed by atoms with van der Waals surface area (Å²) in [5.41, 5.74) is 8.79. The zero-order valence-electron chi connectivity index (χ0n) is 15.4. The molecule has 146 valence electrons. The van der Waals surface area contributed by atoms with Crippen LogP contribution < -0.4 is 11.1 Å². The van der Waals surface area contributed by atoms with Gasteiger partial charge in [0, 0.05) is 37.0 Å². The molecule has 6 heteroatoms. The van der Waals surface area contributed by atoms with Gasteiger partial charge < -0.3 is 15.8 Å². The fourth-order valence-electron chi connectivity index (χ4n) is 3.15. The maximum absolute atomic E-state index is 12.8. The van der Waals surface area contributed by atoms with Crippen LogP contribution in [0.15, 0.2) is 54.6 Å². The van der Waals surface area contributed by atoms with E-state index in [1.807, 2.05) is 30.0 Å². The lowest BCUT2D eigenvalue weighted by molar-refractivity contribution is -0.130. The van der Waals surface area contributed by atoms with Crippen LogP contribution in [0.4, 0.5) is 5.69 Å². The van der Waals surface area contributed by atoms with E-state index < -0.39 is 5.41 Å². The Labute approximate surface area is 171 Å². The molecule has 0 bridgehead atoms. The molecule has 4 nitrogen and oxygen atoms in total. The second kappa shape index (κ2) is 10.7. The molecule has 0 radical (unpaired) electrons. The Bertz CT molecular complexity index is 721. The lowest BCUT2D eigenvalue weighted by Gasteiger charge is -2.34. The fraction of sp³-hybridized carbons (Fsp3) is 0.381. The molecule has 1 fully saturated rings. The quantitative estimate of drug-likeness (QED) is 0.721. The van der Waals surface area contributed by atoms with Crippen molar-refractivity contribution in [2.45, 2.75) is 24.3 Å². The molecule has 3 N–H and O–H groups in total. The molecule has 1 heterocycles. The molecule has 0 spiro atoms. The number of halogens is 1. The molecule has 0 aromatic heterocycles. The first-order valence-corrected chi connectivity index (χ1v) is 10.2. The van der Waals surface area contributed by atoms with Crippen LogP contribution in [0.2, 0.25) is 0 Å². The van der Waals surface area contributed by atoms with E-state index in [-0.39, 0.29) is 18.3 Å². The van der Waals surface area contributed by atoms with Crippen LogP contribution in [-0.4, -0.2) is 25.7 Å². The minimum absolute atomic E-state index is 0. The molecular formula is C21H27ClN2O2S. The third-order valence-corrected chi connectivity index (χ3v) is 5.96. The summed E-state index contributed by atoms with van der Waals surface area (Å²) in [5, 5.41) is 3.07. The van der Waals surface area contributed by atoms with E-state index in [0.717, 1.165) is 17.2 Å². The number of nitrogens with one attached hydrogen (secondary N) is 1. The molecule has 1 aliphatic heterocycles. The lowest BCUT2D eigenvalue weighted by Crippen LogP contribution is -2.46. The number of carbonyl (C=O) groups is 1. The van der Waals surface area contributed by atoms with Crippen molar-refractivity contribution in [3.63, 3.8) is 0 Å². The third-order valence-electron chi connectivity index (χ3n) is 4.89. The first-order chi connectivity index (χ1) is 12.7. The summed E-state index contributed by atoms with van der Waals surface area (Å²) in [6.45, 7) is 1.55. The largest absolute Gasteiger partial charge is 0.381 e. The topological polar surface area (TPSA) is 64.4 Å². The predicted octanol–water partition coefficient (Wildman–Crippen LogP) is 4.24. The molecule has 27 heavy (non-hydrogen) atoms. The first-order valence-electron chi connectivity index (χ1n) is 9.02. The summed E-state index contributed by atoms with van der Waals surface area (Å²) < 4.78 is 5.39. The van der Waals surface area contributed by atoms with Gasteiger partial charge in [-0.25, -0.2) is 0 Å². The number of rotatable bonds is 7. The van der Waals surface area contributed by atoms with Gasteiger partial charge >= 0.3 is 0 Å². The van der Waals surface area contributed by atoms with Gasteiger partial charge in [-0.15, -0.1) is 12.4 Å². The predicted molar refractivity (Wildman–Crippen MR) is 115 cm³/mol. The standard InChI is InChI=1S/C21H26N2O2S.ClH/c22-16-21(9-11-25-12-10-21)20(24)23-19-8-4-7-18(13-19)15-26-14-17-5-2-1-3-6-17;/h1-8,13H,9-12,14-16,22H2,(H,23,24);1H. The third kappa shape index (κ3) is 5.98. The number of carbonyl (C=O) groups excluding carboxylic acids is 1. The van der Waals surface area contributed by atoms with Crippen molar-refractivity contribution in [1.29, 1.82) is 0 Å². The molecule has 1 amide bonds. The highest BCUT2D eigenvalue weighted by Gasteiger charge is 2.38. The SMILES string of the molecule is Cl.NCC1(C(=O)Nc2cccc(CSCc3ccccc3)c2)CCOCC1. The molecule has 1 aliphatic rings. The van der Waals surface area contributed by atoms with E-state index in [1.54, 1.807) is 0 Å². The molecule has 0 saturated carbocycles. The second-order valence-electron chi connectivity index (χ2n) is 6.73. The van der Waals surface area contributed by atoms with Crippen molar-refractivity contribution in [1.82, 2.24) is 0 Å². The fourth-order valence-corrected chi connectivity index (χ4v) is 4.10. The van der Waals surface area contributed by atoms with Crippen molar-refractivity contribution >= 4 is 35.8 Å². The summed E-state index contributed by atoms with van der Waals surface area (Å²) in [4.78, 5) is 12.8. The molecule has 0 unspecified atom stereocenters. The monoisotopic (exact) mass is 406 g/mol. The summed E-state index contributed by atoms with van der Waals surface area (Å²) >= 11 is 1.87. The number of benzene rings is 2. The Morgan fingerprint density at radius 2 is 1.70 bits per heavy atom. The maximum Gasteiger partial charge on any atom is 0.232 e. The first kappa shape index (κ1) is 21.8. The summed E-state index contributed by atoms with van der Waals surface area (Å²) in [5.74, 6) is 1.90. The smallest absolute Gasteiger partial charge is 0.232 e. The molecule has 0 atom stereocenters. The Morgan fingerprint density at radius 1 is 1.04 bits per heavy atom. The Kier molecular flexibility index (Phi) is 8.64. The van der Waals surface area contributed by atoms with E-state index in [0.29, 0.717) is 32.6 Å². The highest BCUT2D eigenvalue weighted by atomic mass is 35.5. The van der Waals surface area contributed by atoms with Gasteiger partial charge in [-0.3, -0.25) is 4.79 Å². The number of hydrogen-bond acceptors (Lipinski definition) is 4. The Morgan fingerprint density at radius 3 is 2.41 bits per heavy atom. The van der Waals surface area contributed by atoms with Gasteiger partial charge in [-0.05, 0) is 36.1 Å². The Hall–Kier alpha value is -1.53. The minimum atomic E-state index is -0.504. The van der Waals surface area contributed by atoms with Gasteiger partial charge in [0.15, 0.2) is 0 Å². The number of amides is 1. The van der Waals surface area contributed by atoms with Crippen molar-refractivity contribution in [2.75, 3.05) is 25.1 Å². The normalized spacial score (nSPS) is 15.6. The van der Waals surface area contributed by atoms with Gasteiger partial charge in [-0.1, -0.05) is 42.5 Å². The minimum Gasteiger partial charge on any atom is -0.381 e. The van der Waals surface area contributed by atoms with Crippen molar-refractivity contribution in [2.24, 2.45) is 11.1 Å². The van der Waals surface area contributed by atoms with E-state index in [9.17, 15) is 4.79 Å². The van der Waals surface area contributed by atoms with Crippen molar-refractivity contribution in [3.8, 4) is 0 Å². The van der Waals surface area contributed by atoms with Gasteiger partial charge in [0.2, 0.25) is 5.91 Å². The highest BCUT2D eigenvalue weighted by molar-refractivity contribution is 7.97. The zero-order valence-corrected chi connectivity index (χ0v) is 17.0. The molecule has 3 rings (SSSR count). The van der Waals surface area contributed by atoms with Crippen LogP contribution >= 0.6 is 24.2 Å². The lowest BCUT2D eigenvalue weighted by atomic mass is 9.79. The van der Waals surface area contributed by atoms with Crippen LogP contribution in [0.5, 0.6) is 0 Å². The number of ether oxygens (including phenoxy) is 1. The number of anilines is 1. The van der Waals surface area contributed by atoms with Gasteiger partial charge in [0.05, 0.1) is 5.41 Å². The molecular weight excluding hydrogens is 380 g/mol. The molecule has 2 aromatic rings. The van der Waals surface area contributed by atoms with Gasteiger partial charge in [0.1, 0.15) is 0 Å². The van der Waals surface area contributed by atoms with Crippen LogP contribution in [0.25, 0.3) is 0 Å². The number of thioether (sulfide) groups is 1. The summed E-state index contributed by atoms with van der Waals surface area (Å²) in [6.07, 6.45) is 1.36. The molecule has 0 aliphatic carbocycles. The maximum atomic E-state index is 12.8. The molecule has 1 saturated heterocycles. The highest BCUT2D eigenvalue weighted by Crippen LogP contribution is 2.31. The van der Waals surface area contributed by atoms with E-state index in [2.05, 4.69) is 41.7 Å². The zero-order chi connectivity index (χ0) is 18.2. The van der Waals surface area contributed by atoms with Crippen LogP contribution in [0.3, 0.4) is 0 Å². The second-order valence-corrected chi connectivity index (χ2v) is 7.72. The van der Waals surface area contributed by atoms with Gasteiger partial charge in [0.25, 0.3) is 0 Å². The van der Waals surface area contributed by atoms with E-state index >= 15 is 0 Å². The summed E-state index contributed by atoms with van der Waals surface area (Å²) in [7, 11) is 0.